The van der Waals surface area contributed by atoms with Crippen molar-refractivity contribution in [3.63, 3.8) is 0 Å². The second kappa shape index (κ2) is 11.2. The molecule has 2 aromatic carbocycles. The van der Waals surface area contributed by atoms with Crippen LogP contribution in [-0.2, 0) is 17.9 Å². The van der Waals surface area contributed by atoms with Gasteiger partial charge in [-0.25, -0.2) is 9.38 Å². The van der Waals surface area contributed by atoms with E-state index in [2.05, 4.69) is 15.6 Å². The van der Waals surface area contributed by atoms with Crippen LogP contribution >= 0.6 is 0 Å². The first-order valence-electron chi connectivity index (χ1n) is 10.4. The van der Waals surface area contributed by atoms with Crippen molar-refractivity contribution in [1.82, 2.24) is 15.5 Å². The van der Waals surface area contributed by atoms with E-state index in [-0.39, 0.29) is 18.3 Å². The number of halogens is 1. The van der Waals surface area contributed by atoms with Gasteiger partial charge >= 0.3 is 0 Å². The van der Waals surface area contributed by atoms with E-state index in [4.69, 9.17) is 4.74 Å². The highest BCUT2D eigenvalue weighted by Gasteiger charge is 2.17. The lowest BCUT2D eigenvalue weighted by Crippen LogP contribution is -2.44. The summed E-state index contributed by atoms with van der Waals surface area (Å²) in [5, 5.41) is 6.28. The molecule has 30 heavy (non-hydrogen) atoms. The maximum absolute atomic E-state index is 13.2. The molecule has 1 fully saturated rings. The Labute approximate surface area is 177 Å². The van der Waals surface area contributed by atoms with Crippen molar-refractivity contribution in [3.8, 4) is 5.75 Å². The predicted molar refractivity (Wildman–Crippen MR) is 116 cm³/mol. The first-order chi connectivity index (χ1) is 14.6. The van der Waals surface area contributed by atoms with Crippen LogP contribution in [0.4, 0.5) is 4.39 Å². The molecule has 0 aliphatic carbocycles. The van der Waals surface area contributed by atoms with Crippen molar-refractivity contribution in [2.75, 3.05) is 26.2 Å². The van der Waals surface area contributed by atoms with E-state index in [1.54, 1.807) is 6.07 Å². The third-order valence-electron chi connectivity index (χ3n) is 4.85. The molecule has 0 radical (unpaired) electrons. The Morgan fingerprint density at radius 2 is 1.87 bits per heavy atom. The molecule has 0 atom stereocenters. The molecule has 2 N–H and O–H groups in total. The smallest absolute Gasteiger partial charge is 0.241 e. The van der Waals surface area contributed by atoms with Crippen LogP contribution < -0.4 is 15.4 Å². The quantitative estimate of drug-likeness (QED) is 0.517. The van der Waals surface area contributed by atoms with Gasteiger partial charge in [0.1, 0.15) is 18.2 Å². The Bertz CT molecular complexity index is 849. The maximum Gasteiger partial charge on any atom is 0.241 e. The van der Waals surface area contributed by atoms with E-state index in [9.17, 15) is 9.18 Å². The summed E-state index contributed by atoms with van der Waals surface area (Å²) < 4.78 is 18.9. The molecule has 3 rings (SSSR count). The molecule has 1 aliphatic heterocycles. The van der Waals surface area contributed by atoms with Crippen LogP contribution in [0.25, 0.3) is 0 Å². The number of likely N-dealkylation sites (tertiary alicyclic amines) is 1. The minimum Gasteiger partial charge on any atom is -0.489 e. The average molecular weight is 413 g/mol. The lowest BCUT2D eigenvalue weighted by Gasteiger charge is -2.17. The van der Waals surface area contributed by atoms with Gasteiger partial charge in [0.05, 0.1) is 13.1 Å². The van der Waals surface area contributed by atoms with E-state index < -0.39 is 0 Å². The van der Waals surface area contributed by atoms with Gasteiger partial charge in [0.25, 0.3) is 0 Å². The molecule has 0 bridgehead atoms. The highest BCUT2D eigenvalue weighted by molar-refractivity contribution is 5.86. The van der Waals surface area contributed by atoms with Crippen LogP contribution in [0.1, 0.15) is 30.9 Å². The fourth-order valence-corrected chi connectivity index (χ4v) is 3.23. The van der Waals surface area contributed by atoms with E-state index in [1.165, 1.54) is 12.1 Å². The molecule has 0 unspecified atom stereocenters. The second-order valence-electron chi connectivity index (χ2n) is 7.20. The van der Waals surface area contributed by atoms with Crippen LogP contribution in [0.2, 0.25) is 0 Å². The standard InChI is InChI=1S/C23H29FN4O2/c1-2-25-23(27-16-22(29)28-12-3-4-13-28)26-15-18-8-10-21(11-9-18)30-17-19-6-5-7-20(24)14-19/h5-11,14H,2-4,12-13,15-17H2,1H3,(H2,25,26,27). The van der Waals surface area contributed by atoms with E-state index in [0.717, 1.165) is 43.6 Å². The number of aliphatic imine (C=N–C) groups is 1. The van der Waals surface area contributed by atoms with E-state index in [0.29, 0.717) is 24.9 Å². The molecule has 0 aromatic heterocycles. The zero-order valence-electron chi connectivity index (χ0n) is 17.4. The number of nitrogens with zero attached hydrogens (tertiary/aromatic N) is 2. The van der Waals surface area contributed by atoms with Gasteiger partial charge < -0.3 is 20.3 Å². The van der Waals surface area contributed by atoms with Crippen molar-refractivity contribution >= 4 is 11.9 Å². The zero-order chi connectivity index (χ0) is 21.2. The minimum atomic E-state index is -0.267. The maximum atomic E-state index is 13.2. The van der Waals surface area contributed by atoms with Gasteiger partial charge in [-0.2, -0.15) is 0 Å². The van der Waals surface area contributed by atoms with Crippen molar-refractivity contribution < 1.29 is 13.9 Å². The molecule has 1 heterocycles. The SMILES string of the molecule is CCNC(=NCc1ccc(OCc2cccc(F)c2)cc1)NCC(=O)N1CCCC1. The van der Waals surface area contributed by atoms with Crippen molar-refractivity contribution in [1.29, 1.82) is 0 Å². The number of nitrogens with one attached hydrogen (secondary N) is 2. The number of hydrogen-bond donors (Lipinski definition) is 2. The normalized spacial score (nSPS) is 13.9. The molecule has 1 amide bonds. The third kappa shape index (κ3) is 6.76. The lowest BCUT2D eigenvalue weighted by molar-refractivity contribution is -0.128. The van der Waals surface area contributed by atoms with Gasteiger partial charge in [-0.15, -0.1) is 0 Å². The summed E-state index contributed by atoms with van der Waals surface area (Å²) >= 11 is 0. The summed E-state index contributed by atoms with van der Waals surface area (Å²) in [6.07, 6.45) is 2.17. The van der Waals surface area contributed by atoms with Crippen LogP contribution in [0, 0.1) is 5.82 Å². The van der Waals surface area contributed by atoms with Crippen LogP contribution in [-0.4, -0.2) is 42.9 Å². The van der Waals surface area contributed by atoms with E-state index in [1.807, 2.05) is 42.2 Å². The molecule has 2 aromatic rings. The number of guanidine groups is 1. The summed E-state index contributed by atoms with van der Waals surface area (Å²) in [6, 6.07) is 14.0. The summed E-state index contributed by atoms with van der Waals surface area (Å²) in [5.41, 5.74) is 1.81. The first kappa shape index (κ1) is 21.6. The molecule has 0 saturated carbocycles. The predicted octanol–water partition coefficient (Wildman–Crippen LogP) is 3.08. The average Bonchev–Trinajstić information content (AvgIpc) is 3.30. The van der Waals surface area contributed by atoms with Crippen molar-refractivity contribution in [3.05, 3.63) is 65.5 Å². The van der Waals surface area contributed by atoms with Gasteiger partial charge in [0.15, 0.2) is 5.96 Å². The summed E-state index contributed by atoms with van der Waals surface area (Å²) in [6.45, 7) is 5.45. The first-order valence-corrected chi connectivity index (χ1v) is 10.4. The molecule has 7 heteroatoms. The topological polar surface area (TPSA) is 66.0 Å². The Morgan fingerprint density at radius 1 is 1.10 bits per heavy atom. The number of ether oxygens (including phenoxy) is 1. The molecule has 160 valence electrons. The van der Waals surface area contributed by atoms with Gasteiger partial charge in [0.2, 0.25) is 5.91 Å². The number of carbonyl (C=O) groups excluding carboxylic acids is 1. The van der Waals surface area contributed by atoms with Crippen LogP contribution in [0.3, 0.4) is 0 Å². The highest BCUT2D eigenvalue weighted by Crippen LogP contribution is 2.15. The molecule has 1 aliphatic rings. The highest BCUT2D eigenvalue weighted by atomic mass is 19.1. The van der Waals surface area contributed by atoms with Gasteiger partial charge in [-0.05, 0) is 55.2 Å². The summed E-state index contributed by atoms with van der Waals surface area (Å²) in [5.74, 6) is 1.18. The van der Waals surface area contributed by atoms with Crippen molar-refractivity contribution in [2.24, 2.45) is 4.99 Å². The third-order valence-corrected chi connectivity index (χ3v) is 4.85. The Hall–Kier alpha value is -3.09. The number of carbonyl (C=O) groups is 1. The number of benzene rings is 2. The summed E-state index contributed by atoms with van der Waals surface area (Å²) in [7, 11) is 0. The Balaban J connectivity index is 1.49. The monoisotopic (exact) mass is 412 g/mol. The fraction of sp³-hybridized carbons (Fsp3) is 0.391. The van der Waals surface area contributed by atoms with Gasteiger partial charge in [-0.1, -0.05) is 24.3 Å². The number of amides is 1. The largest absolute Gasteiger partial charge is 0.489 e. The number of hydrogen-bond acceptors (Lipinski definition) is 3. The molecule has 0 spiro atoms. The molecule has 1 saturated heterocycles. The van der Waals surface area contributed by atoms with Gasteiger partial charge in [0, 0.05) is 19.6 Å². The number of rotatable bonds is 8. The fourth-order valence-electron chi connectivity index (χ4n) is 3.23. The zero-order valence-corrected chi connectivity index (χ0v) is 17.4. The van der Waals surface area contributed by atoms with E-state index >= 15 is 0 Å². The lowest BCUT2D eigenvalue weighted by atomic mass is 10.2. The Kier molecular flexibility index (Phi) is 8.06. The summed E-state index contributed by atoms with van der Waals surface area (Å²) in [4.78, 5) is 18.6. The Morgan fingerprint density at radius 3 is 2.57 bits per heavy atom. The minimum absolute atomic E-state index is 0.109. The molecule has 6 nitrogen and oxygen atoms in total. The van der Waals surface area contributed by atoms with Crippen LogP contribution in [0.15, 0.2) is 53.5 Å². The second-order valence-corrected chi connectivity index (χ2v) is 7.20. The van der Waals surface area contributed by atoms with Crippen molar-refractivity contribution in [2.45, 2.75) is 32.9 Å². The molecular formula is C23H29FN4O2. The molecular weight excluding hydrogens is 383 g/mol. The van der Waals surface area contributed by atoms with Crippen LogP contribution in [0.5, 0.6) is 5.75 Å². The van der Waals surface area contributed by atoms with Gasteiger partial charge in [-0.3, -0.25) is 4.79 Å².